The van der Waals surface area contributed by atoms with E-state index in [-0.39, 0.29) is 0 Å². The lowest BCUT2D eigenvalue weighted by Gasteiger charge is -2.16. The molecule has 0 saturated heterocycles. The van der Waals surface area contributed by atoms with Crippen LogP contribution in [0, 0.1) is 11.3 Å². The Morgan fingerprint density at radius 2 is 1.80 bits per heavy atom. The van der Waals surface area contributed by atoms with E-state index in [1.807, 2.05) is 0 Å². The van der Waals surface area contributed by atoms with Gasteiger partial charge in [0.05, 0.1) is 0 Å². The van der Waals surface area contributed by atoms with Crippen LogP contribution in [0.15, 0.2) is 12.1 Å². The number of nitriles is 1. The Labute approximate surface area is 107 Å². The van der Waals surface area contributed by atoms with Crippen molar-refractivity contribution in [2.24, 2.45) is 0 Å². The van der Waals surface area contributed by atoms with Gasteiger partial charge in [0.15, 0.2) is 6.61 Å². The van der Waals surface area contributed by atoms with Gasteiger partial charge in [0, 0.05) is 0 Å². The van der Waals surface area contributed by atoms with E-state index in [0.29, 0.717) is 12.1 Å². The van der Waals surface area contributed by atoms with Crippen LogP contribution in [0.3, 0.4) is 0 Å². The van der Waals surface area contributed by atoms with Crippen LogP contribution in [0.2, 0.25) is 0 Å². The quantitative estimate of drug-likeness (QED) is 0.802. The van der Waals surface area contributed by atoms with E-state index in [2.05, 4.69) is 9.72 Å². The summed E-state index contributed by atoms with van der Waals surface area (Å²) in [5.74, 6) is -5.65. The molecule has 0 spiro atoms. The number of pyridine rings is 1. The average Bonchev–Trinajstić information content (AvgIpc) is 2.34. The van der Waals surface area contributed by atoms with Crippen molar-refractivity contribution in [3.63, 3.8) is 0 Å². The van der Waals surface area contributed by atoms with E-state index in [0.717, 1.165) is 0 Å². The molecule has 10 heteroatoms. The highest BCUT2D eigenvalue weighted by atomic mass is 19.4. The first kappa shape index (κ1) is 16.0. The zero-order valence-corrected chi connectivity index (χ0v) is 9.39. The predicted octanol–water partition coefficient (Wildman–Crippen LogP) is 3.25. The molecule has 0 saturated carbocycles. The van der Waals surface area contributed by atoms with Crippen LogP contribution in [0.4, 0.5) is 30.7 Å². The zero-order chi connectivity index (χ0) is 15.6. The van der Waals surface area contributed by atoms with Crippen molar-refractivity contribution >= 4 is 0 Å². The third-order valence-electron chi connectivity index (χ3n) is 1.99. The molecule has 0 fully saturated rings. The number of ether oxygens (including phenoxy) is 1. The number of aromatic nitrogens is 1. The average molecular weight is 302 g/mol. The SMILES string of the molecule is N#Cc1ccc(C(F)(F)F)nc1OCC(F)(F)C(F)F. The van der Waals surface area contributed by atoms with E-state index >= 15 is 0 Å². The van der Waals surface area contributed by atoms with Gasteiger partial charge in [-0.15, -0.1) is 0 Å². The van der Waals surface area contributed by atoms with Crippen molar-refractivity contribution < 1.29 is 35.5 Å². The first-order valence-corrected chi connectivity index (χ1v) is 4.85. The van der Waals surface area contributed by atoms with Gasteiger partial charge in [0.1, 0.15) is 17.3 Å². The summed E-state index contributed by atoms with van der Waals surface area (Å²) in [5, 5.41) is 8.56. The maximum atomic E-state index is 12.6. The molecule has 0 radical (unpaired) electrons. The lowest BCUT2D eigenvalue weighted by molar-refractivity contribution is -0.150. The predicted molar refractivity (Wildman–Crippen MR) is 50.4 cm³/mol. The van der Waals surface area contributed by atoms with Crippen LogP contribution in [0.5, 0.6) is 5.88 Å². The fourth-order valence-electron chi connectivity index (χ4n) is 1.02. The molecule has 3 nitrogen and oxygen atoms in total. The monoisotopic (exact) mass is 302 g/mol. The number of hydrogen-bond acceptors (Lipinski definition) is 3. The van der Waals surface area contributed by atoms with E-state index in [9.17, 15) is 30.7 Å². The van der Waals surface area contributed by atoms with Crippen LogP contribution < -0.4 is 4.74 Å². The minimum Gasteiger partial charge on any atom is -0.470 e. The summed E-state index contributed by atoms with van der Waals surface area (Å²) in [6.07, 6.45) is -8.95. The Morgan fingerprint density at radius 3 is 2.25 bits per heavy atom. The summed E-state index contributed by atoms with van der Waals surface area (Å²) < 4.78 is 90.1. The van der Waals surface area contributed by atoms with Crippen LogP contribution >= 0.6 is 0 Å². The molecule has 0 amide bonds. The molecule has 1 heterocycles. The molecular weight excluding hydrogens is 297 g/mol. The molecule has 0 atom stereocenters. The number of nitrogens with zero attached hydrogens (tertiary/aromatic N) is 2. The highest BCUT2D eigenvalue weighted by molar-refractivity contribution is 5.39. The number of rotatable bonds is 4. The molecule has 0 aromatic carbocycles. The van der Waals surface area contributed by atoms with Gasteiger partial charge in [-0.3, -0.25) is 0 Å². The Kier molecular flexibility index (Phi) is 4.42. The second kappa shape index (κ2) is 5.52. The second-order valence-electron chi connectivity index (χ2n) is 3.51. The van der Waals surface area contributed by atoms with Gasteiger partial charge in [-0.2, -0.15) is 27.2 Å². The Hall–Kier alpha value is -2.05. The van der Waals surface area contributed by atoms with E-state index in [4.69, 9.17) is 5.26 Å². The van der Waals surface area contributed by atoms with Crippen molar-refractivity contribution in [3.8, 4) is 11.9 Å². The smallest absolute Gasteiger partial charge is 0.433 e. The summed E-state index contributed by atoms with van der Waals surface area (Å²) in [6, 6.07) is 2.44. The highest BCUT2D eigenvalue weighted by Gasteiger charge is 2.42. The van der Waals surface area contributed by atoms with Crippen molar-refractivity contribution in [1.29, 1.82) is 5.26 Å². The lowest BCUT2D eigenvalue weighted by atomic mass is 10.2. The minimum atomic E-state index is -4.89. The van der Waals surface area contributed by atoms with Gasteiger partial charge in [0.25, 0.3) is 0 Å². The van der Waals surface area contributed by atoms with Crippen molar-refractivity contribution in [2.75, 3.05) is 6.61 Å². The van der Waals surface area contributed by atoms with E-state index < -0.39 is 42.3 Å². The molecule has 1 rings (SSSR count). The molecule has 0 N–H and O–H groups in total. The molecule has 0 unspecified atom stereocenters. The summed E-state index contributed by atoms with van der Waals surface area (Å²) in [5.41, 5.74) is -2.07. The van der Waals surface area contributed by atoms with Crippen LogP contribution in [0.1, 0.15) is 11.3 Å². The number of alkyl halides is 7. The van der Waals surface area contributed by atoms with Gasteiger partial charge in [0.2, 0.25) is 5.88 Å². The molecule has 0 aliphatic carbocycles. The first-order chi connectivity index (χ1) is 9.08. The molecule has 110 valence electrons. The summed E-state index contributed by atoms with van der Waals surface area (Å²) in [7, 11) is 0. The van der Waals surface area contributed by atoms with Crippen molar-refractivity contribution in [3.05, 3.63) is 23.4 Å². The van der Waals surface area contributed by atoms with Crippen molar-refractivity contribution in [2.45, 2.75) is 18.5 Å². The molecule has 1 aromatic heterocycles. The Morgan fingerprint density at radius 1 is 1.20 bits per heavy atom. The lowest BCUT2D eigenvalue weighted by Crippen LogP contribution is -2.34. The van der Waals surface area contributed by atoms with Gasteiger partial charge in [-0.25, -0.2) is 13.8 Å². The van der Waals surface area contributed by atoms with Gasteiger partial charge < -0.3 is 4.74 Å². The maximum absolute atomic E-state index is 12.6. The minimum absolute atomic E-state index is 0.441. The normalized spacial score (nSPS) is 12.3. The van der Waals surface area contributed by atoms with Crippen molar-refractivity contribution in [1.82, 2.24) is 4.98 Å². The second-order valence-corrected chi connectivity index (χ2v) is 3.51. The molecule has 20 heavy (non-hydrogen) atoms. The zero-order valence-electron chi connectivity index (χ0n) is 9.39. The molecule has 0 aliphatic heterocycles. The third-order valence-corrected chi connectivity index (χ3v) is 1.99. The molecule has 0 aliphatic rings. The van der Waals surface area contributed by atoms with E-state index in [1.165, 1.54) is 6.07 Å². The van der Waals surface area contributed by atoms with E-state index in [1.54, 1.807) is 0 Å². The van der Waals surface area contributed by atoms with Gasteiger partial charge in [-0.1, -0.05) is 0 Å². The fraction of sp³-hybridized carbons (Fsp3) is 0.400. The van der Waals surface area contributed by atoms with Gasteiger partial charge in [-0.05, 0) is 12.1 Å². The van der Waals surface area contributed by atoms with Crippen LogP contribution in [-0.2, 0) is 6.18 Å². The summed E-state index contributed by atoms with van der Waals surface area (Å²) in [4.78, 5) is 2.83. The van der Waals surface area contributed by atoms with Crippen LogP contribution in [0.25, 0.3) is 0 Å². The third kappa shape index (κ3) is 3.72. The fourth-order valence-corrected chi connectivity index (χ4v) is 1.02. The summed E-state index contributed by atoms with van der Waals surface area (Å²) in [6.45, 7) is -1.90. The van der Waals surface area contributed by atoms with Gasteiger partial charge >= 0.3 is 18.5 Å². The highest BCUT2D eigenvalue weighted by Crippen LogP contribution is 2.31. The Balaban J connectivity index is 3.02. The maximum Gasteiger partial charge on any atom is 0.433 e. The number of halogens is 7. The standard InChI is InChI=1S/C10H5F7N2O/c11-8(12)9(13,14)4-20-7-5(3-18)1-2-6(19-7)10(15,16)17/h1-2,8H,4H2. The topological polar surface area (TPSA) is 45.9 Å². The molecular formula is C10H5F7N2O. The largest absolute Gasteiger partial charge is 0.470 e. The summed E-state index contributed by atoms with van der Waals surface area (Å²) >= 11 is 0. The number of hydrogen-bond donors (Lipinski definition) is 0. The molecule has 0 bridgehead atoms. The first-order valence-electron chi connectivity index (χ1n) is 4.85. The Bertz CT molecular complexity index is 521. The molecule has 1 aromatic rings. The van der Waals surface area contributed by atoms with Crippen LogP contribution in [-0.4, -0.2) is 23.9 Å².